The van der Waals surface area contributed by atoms with Gasteiger partial charge < -0.3 is 9.80 Å². The van der Waals surface area contributed by atoms with Gasteiger partial charge in [0.05, 0.1) is 5.69 Å². The Morgan fingerprint density at radius 1 is 1.04 bits per heavy atom. The molecule has 1 amide bonds. The summed E-state index contributed by atoms with van der Waals surface area (Å²) in [4.78, 5) is 16.9. The number of carbonyl (C=O) groups excluding carboxylic acids is 1. The molecule has 0 aliphatic carbocycles. The molecule has 2 aromatic carbocycles. The van der Waals surface area contributed by atoms with Crippen LogP contribution in [0.3, 0.4) is 0 Å². The first-order valence-corrected chi connectivity index (χ1v) is 9.88. The van der Waals surface area contributed by atoms with Crippen molar-refractivity contribution in [3.8, 4) is 11.3 Å². The van der Waals surface area contributed by atoms with Crippen LogP contribution in [0.4, 0.5) is 5.69 Å². The second kappa shape index (κ2) is 7.74. The summed E-state index contributed by atoms with van der Waals surface area (Å²) in [6.45, 7) is 2.88. The maximum absolute atomic E-state index is 12.8. The van der Waals surface area contributed by atoms with Gasteiger partial charge in [-0.3, -0.25) is 9.89 Å². The lowest BCUT2D eigenvalue weighted by atomic mass is 10.1. The first-order valence-electron chi connectivity index (χ1n) is 8.71. The van der Waals surface area contributed by atoms with Crippen LogP contribution in [0, 0.1) is 0 Å². The third-order valence-corrected chi connectivity index (χ3v) is 5.45. The lowest BCUT2D eigenvalue weighted by Gasteiger charge is -2.36. The van der Waals surface area contributed by atoms with Crippen LogP contribution in [-0.4, -0.2) is 47.2 Å². The molecule has 1 saturated heterocycles. The zero-order valence-corrected chi connectivity index (χ0v) is 16.9. The van der Waals surface area contributed by atoms with Gasteiger partial charge in [0.2, 0.25) is 0 Å². The van der Waals surface area contributed by atoms with Gasteiger partial charge in [-0.25, -0.2) is 0 Å². The third-order valence-electron chi connectivity index (χ3n) is 4.69. The summed E-state index contributed by atoms with van der Waals surface area (Å²) in [6, 6.07) is 17.5. The number of aromatic amines is 1. The van der Waals surface area contributed by atoms with E-state index < -0.39 is 0 Å². The monoisotopic (exact) mass is 444 g/mol. The van der Waals surface area contributed by atoms with Gasteiger partial charge in [0.1, 0.15) is 5.69 Å². The molecule has 3 aromatic rings. The van der Waals surface area contributed by atoms with Crippen molar-refractivity contribution >= 4 is 39.1 Å². The van der Waals surface area contributed by atoms with Gasteiger partial charge in [-0.1, -0.05) is 45.7 Å². The maximum atomic E-state index is 12.8. The predicted molar refractivity (Wildman–Crippen MR) is 111 cm³/mol. The molecule has 0 atom stereocenters. The van der Waals surface area contributed by atoms with E-state index in [0.717, 1.165) is 39.5 Å². The fourth-order valence-electron chi connectivity index (χ4n) is 3.21. The first kappa shape index (κ1) is 18.1. The second-order valence-electron chi connectivity index (χ2n) is 6.43. The highest BCUT2D eigenvalue weighted by Gasteiger charge is 2.24. The average molecular weight is 446 g/mol. The highest BCUT2D eigenvalue weighted by molar-refractivity contribution is 9.10. The fraction of sp³-hybridized carbons (Fsp3) is 0.200. The van der Waals surface area contributed by atoms with Gasteiger partial charge in [-0.05, 0) is 36.4 Å². The summed E-state index contributed by atoms with van der Waals surface area (Å²) in [5, 5.41) is 7.90. The molecule has 0 saturated carbocycles. The van der Waals surface area contributed by atoms with Gasteiger partial charge in [-0.15, -0.1) is 0 Å². The molecule has 1 N–H and O–H groups in total. The molecule has 0 unspecified atom stereocenters. The van der Waals surface area contributed by atoms with E-state index in [0.29, 0.717) is 18.8 Å². The van der Waals surface area contributed by atoms with Gasteiger partial charge in [-0.2, -0.15) is 5.10 Å². The lowest BCUT2D eigenvalue weighted by molar-refractivity contribution is 0.0741. The number of anilines is 1. The van der Waals surface area contributed by atoms with Crippen LogP contribution in [0.5, 0.6) is 0 Å². The molecule has 5 nitrogen and oxygen atoms in total. The Kier molecular flexibility index (Phi) is 5.18. The standard InChI is InChI=1S/C20H18BrClN4O/c21-15-6-4-14(5-7-15)18-13-19(24-23-18)20(27)26-10-8-25(9-11-26)17-3-1-2-16(22)12-17/h1-7,12-13H,8-11H2,(H,23,24). The van der Waals surface area contributed by atoms with Gasteiger partial charge in [0, 0.05) is 46.9 Å². The first-order chi connectivity index (χ1) is 13.1. The highest BCUT2D eigenvalue weighted by atomic mass is 79.9. The Morgan fingerprint density at radius 2 is 1.78 bits per heavy atom. The Balaban J connectivity index is 1.42. The van der Waals surface area contributed by atoms with E-state index in [-0.39, 0.29) is 5.91 Å². The number of hydrogen-bond donors (Lipinski definition) is 1. The summed E-state index contributed by atoms with van der Waals surface area (Å²) in [5.74, 6) is -0.0170. The Bertz CT molecular complexity index is 949. The number of nitrogens with one attached hydrogen (secondary N) is 1. The van der Waals surface area contributed by atoms with E-state index >= 15 is 0 Å². The molecule has 1 aromatic heterocycles. The predicted octanol–water partition coefficient (Wildman–Crippen LogP) is 4.46. The minimum Gasteiger partial charge on any atom is -0.368 e. The van der Waals surface area contributed by atoms with Crippen molar-refractivity contribution in [1.82, 2.24) is 15.1 Å². The molecule has 27 heavy (non-hydrogen) atoms. The minimum atomic E-state index is -0.0170. The molecular weight excluding hydrogens is 428 g/mol. The molecule has 138 valence electrons. The number of aromatic nitrogens is 2. The van der Waals surface area contributed by atoms with Crippen molar-refractivity contribution in [2.75, 3.05) is 31.1 Å². The molecule has 0 spiro atoms. The van der Waals surface area contributed by atoms with Crippen molar-refractivity contribution in [2.45, 2.75) is 0 Å². The van der Waals surface area contributed by atoms with E-state index in [1.807, 2.05) is 59.5 Å². The van der Waals surface area contributed by atoms with Crippen molar-refractivity contribution in [1.29, 1.82) is 0 Å². The van der Waals surface area contributed by atoms with Crippen LogP contribution < -0.4 is 4.90 Å². The third kappa shape index (κ3) is 4.01. The Morgan fingerprint density at radius 3 is 2.48 bits per heavy atom. The topological polar surface area (TPSA) is 52.2 Å². The number of hydrogen-bond acceptors (Lipinski definition) is 3. The van der Waals surface area contributed by atoms with Crippen LogP contribution in [0.1, 0.15) is 10.5 Å². The van der Waals surface area contributed by atoms with Crippen LogP contribution >= 0.6 is 27.5 Å². The summed E-state index contributed by atoms with van der Waals surface area (Å²) >= 11 is 9.50. The number of amides is 1. The zero-order valence-electron chi connectivity index (χ0n) is 14.5. The molecule has 4 rings (SSSR count). The van der Waals surface area contributed by atoms with Gasteiger partial charge in [0.25, 0.3) is 5.91 Å². The molecular formula is C20H18BrClN4O. The number of benzene rings is 2. The molecule has 0 bridgehead atoms. The number of carbonyl (C=O) groups is 1. The number of piperazine rings is 1. The van der Waals surface area contributed by atoms with E-state index in [1.165, 1.54) is 0 Å². The van der Waals surface area contributed by atoms with Crippen LogP contribution in [-0.2, 0) is 0 Å². The van der Waals surface area contributed by atoms with Crippen molar-refractivity contribution in [3.05, 3.63) is 69.8 Å². The average Bonchev–Trinajstić information content (AvgIpc) is 3.18. The van der Waals surface area contributed by atoms with E-state index in [9.17, 15) is 4.79 Å². The van der Waals surface area contributed by atoms with Crippen LogP contribution in [0.25, 0.3) is 11.3 Å². The van der Waals surface area contributed by atoms with Gasteiger partial charge >= 0.3 is 0 Å². The van der Waals surface area contributed by atoms with E-state index in [1.54, 1.807) is 0 Å². The normalized spacial score (nSPS) is 14.4. The number of halogens is 2. The number of rotatable bonds is 3. The zero-order chi connectivity index (χ0) is 18.8. The second-order valence-corrected chi connectivity index (χ2v) is 7.78. The van der Waals surface area contributed by atoms with E-state index in [2.05, 4.69) is 31.0 Å². The van der Waals surface area contributed by atoms with Crippen molar-refractivity contribution < 1.29 is 4.79 Å². The SMILES string of the molecule is O=C(c1cc(-c2ccc(Br)cc2)n[nH]1)N1CCN(c2cccc(Cl)c2)CC1. The minimum absolute atomic E-state index is 0.0170. The molecule has 7 heteroatoms. The summed E-state index contributed by atoms with van der Waals surface area (Å²) < 4.78 is 1.01. The summed E-state index contributed by atoms with van der Waals surface area (Å²) in [6.07, 6.45) is 0. The highest BCUT2D eigenvalue weighted by Crippen LogP contribution is 2.23. The Hall–Kier alpha value is -2.31. The maximum Gasteiger partial charge on any atom is 0.272 e. The van der Waals surface area contributed by atoms with E-state index in [4.69, 9.17) is 11.6 Å². The molecule has 1 aliphatic rings. The Labute approximate surface area is 171 Å². The molecule has 1 fully saturated rings. The quantitative estimate of drug-likeness (QED) is 0.648. The fourth-order valence-corrected chi connectivity index (χ4v) is 3.66. The number of nitrogens with zero attached hydrogens (tertiary/aromatic N) is 3. The summed E-state index contributed by atoms with van der Waals surface area (Å²) in [5.41, 5.74) is 3.35. The summed E-state index contributed by atoms with van der Waals surface area (Å²) in [7, 11) is 0. The van der Waals surface area contributed by atoms with Gasteiger partial charge in [0.15, 0.2) is 0 Å². The van der Waals surface area contributed by atoms with Crippen LogP contribution in [0.2, 0.25) is 5.02 Å². The van der Waals surface area contributed by atoms with Crippen LogP contribution in [0.15, 0.2) is 59.1 Å². The molecule has 2 heterocycles. The van der Waals surface area contributed by atoms with Crippen molar-refractivity contribution in [2.24, 2.45) is 0 Å². The molecule has 0 radical (unpaired) electrons. The lowest BCUT2D eigenvalue weighted by Crippen LogP contribution is -2.48. The largest absolute Gasteiger partial charge is 0.368 e. The molecule has 1 aliphatic heterocycles. The smallest absolute Gasteiger partial charge is 0.272 e. The van der Waals surface area contributed by atoms with Crippen molar-refractivity contribution in [3.63, 3.8) is 0 Å². The number of H-pyrrole nitrogens is 1.